The fraction of sp³-hybridized carbons (Fsp3) is 0.462. The number of carbonyl (C=O) groups excluding carboxylic acids is 1. The minimum Gasteiger partial charge on any atom is -0.348 e. The van der Waals surface area contributed by atoms with Gasteiger partial charge in [0.15, 0.2) is 5.65 Å². The molecule has 1 saturated heterocycles. The molecule has 0 saturated carbocycles. The summed E-state index contributed by atoms with van der Waals surface area (Å²) in [5, 5.41) is 3.30. The Balaban J connectivity index is 1.64. The Morgan fingerprint density at radius 2 is 1.94 bits per heavy atom. The second-order valence-electron chi connectivity index (χ2n) is 9.40. The monoisotopic (exact) mass is 463 g/mol. The maximum absolute atomic E-state index is 13.4. The molecule has 2 aromatic heterocycles. The van der Waals surface area contributed by atoms with Crippen LogP contribution < -0.4 is 16.6 Å². The van der Waals surface area contributed by atoms with E-state index in [2.05, 4.69) is 39.2 Å². The molecule has 3 heterocycles. The SMILES string of the molecule is CCCn1c(=O)[nH]c(=O)c2c(C(=O)NC3CCN(C(C)c4ccccc4)C3)cc(C(C)C)nc21. The van der Waals surface area contributed by atoms with Crippen LogP contribution in [0.15, 0.2) is 46.0 Å². The molecule has 34 heavy (non-hydrogen) atoms. The molecular formula is C26H33N5O3. The molecule has 0 aliphatic carbocycles. The maximum atomic E-state index is 13.4. The first-order valence-electron chi connectivity index (χ1n) is 12.1. The summed E-state index contributed by atoms with van der Waals surface area (Å²) in [5.74, 6) is -0.269. The number of nitrogens with zero attached hydrogens (tertiary/aromatic N) is 3. The highest BCUT2D eigenvalue weighted by Gasteiger charge is 2.29. The van der Waals surface area contributed by atoms with Gasteiger partial charge in [0.1, 0.15) is 0 Å². The predicted molar refractivity (Wildman–Crippen MR) is 133 cm³/mol. The van der Waals surface area contributed by atoms with E-state index in [1.807, 2.05) is 39.0 Å². The molecule has 2 N–H and O–H groups in total. The quantitative estimate of drug-likeness (QED) is 0.561. The molecule has 3 aromatic rings. The van der Waals surface area contributed by atoms with Crippen molar-refractivity contribution in [3.8, 4) is 0 Å². The van der Waals surface area contributed by atoms with Crippen LogP contribution in [0.3, 0.4) is 0 Å². The summed E-state index contributed by atoms with van der Waals surface area (Å²) in [6, 6.07) is 12.3. The van der Waals surface area contributed by atoms with Crippen LogP contribution in [0.2, 0.25) is 0 Å². The number of hydrogen-bond donors (Lipinski definition) is 2. The molecule has 0 radical (unpaired) electrons. The van der Waals surface area contributed by atoms with Gasteiger partial charge in [-0.05, 0) is 37.3 Å². The number of rotatable bonds is 7. The second kappa shape index (κ2) is 9.93. The summed E-state index contributed by atoms with van der Waals surface area (Å²) >= 11 is 0. The van der Waals surface area contributed by atoms with Crippen molar-refractivity contribution in [2.45, 2.75) is 65.1 Å². The highest BCUT2D eigenvalue weighted by Crippen LogP contribution is 2.25. The molecule has 0 spiro atoms. The van der Waals surface area contributed by atoms with E-state index in [9.17, 15) is 14.4 Å². The predicted octanol–water partition coefficient (Wildman–Crippen LogP) is 3.18. The van der Waals surface area contributed by atoms with Gasteiger partial charge in [0, 0.05) is 37.4 Å². The van der Waals surface area contributed by atoms with Gasteiger partial charge in [-0.1, -0.05) is 51.1 Å². The lowest BCUT2D eigenvalue weighted by molar-refractivity contribution is 0.0938. The van der Waals surface area contributed by atoms with E-state index in [0.29, 0.717) is 18.7 Å². The van der Waals surface area contributed by atoms with Crippen molar-refractivity contribution < 1.29 is 4.79 Å². The maximum Gasteiger partial charge on any atom is 0.329 e. The number of hydrogen-bond acceptors (Lipinski definition) is 5. The molecule has 1 amide bonds. The zero-order valence-corrected chi connectivity index (χ0v) is 20.3. The number of nitrogens with one attached hydrogen (secondary N) is 2. The molecular weight excluding hydrogens is 430 g/mol. The first-order valence-corrected chi connectivity index (χ1v) is 12.1. The van der Waals surface area contributed by atoms with E-state index in [1.54, 1.807) is 6.07 Å². The normalized spacial score (nSPS) is 17.4. The van der Waals surface area contributed by atoms with Gasteiger partial charge in [0.05, 0.1) is 10.9 Å². The Morgan fingerprint density at radius 3 is 2.62 bits per heavy atom. The Hall–Kier alpha value is -3.26. The number of aromatic nitrogens is 3. The van der Waals surface area contributed by atoms with Gasteiger partial charge in [0.25, 0.3) is 11.5 Å². The van der Waals surface area contributed by atoms with Gasteiger partial charge in [-0.25, -0.2) is 9.78 Å². The zero-order valence-electron chi connectivity index (χ0n) is 20.3. The minimum atomic E-state index is -0.578. The average Bonchev–Trinajstić information content (AvgIpc) is 3.29. The Morgan fingerprint density at radius 1 is 1.21 bits per heavy atom. The van der Waals surface area contributed by atoms with Crippen LogP contribution in [-0.2, 0) is 6.54 Å². The highest BCUT2D eigenvalue weighted by molar-refractivity contribution is 6.05. The summed E-state index contributed by atoms with van der Waals surface area (Å²) in [7, 11) is 0. The van der Waals surface area contributed by atoms with Crippen LogP contribution in [0.4, 0.5) is 0 Å². The molecule has 8 heteroatoms. The Bertz CT molecular complexity index is 1300. The fourth-order valence-corrected chi connectivity index (χ4v) is 4.66. The minimum absolute atomic E-state index is 0.0231. The van der Waals surface area contributed by atoms with Gasteiger partial charge in [-0.2, -0.15) is 0 Å². The number of fused-ring (bicyclic) bond motifs is 1. The third kappa shape index (κ3) is 4.68. The van der Waals surface area contributed by atoms with Gasteiger partial charge < -0.3 is 5.32 Å². The molecule has 2 atom stereocenters. The van der Waals surface area contributed by atoms with Crippen LogP contribution in [0.1, 0.15) is 74.1 Å². The number of aryl methyl sites for hydroxylation is 1. The van der Waals surface area contributed by atoms with Crippen molar-refractivity contribution in [1.29, 1.82) is 0 Å². The number of carbonyl (C=O) groups is 1. The Kier molecular flexibility index (Phi) is 6.97. The van der Waals surface area contributed by atoms with E-state index >= 15 is 0 Å². The van der Waals surface area contributed by atoms with E-state index in [1.165, 1.54) is 10.1 Å². The van der Waals surface area contributed by atoms with Crippen LogP contribution in [0.25, 0.3) is 11.0 Å². The number of H-pyrrole nitrogens is 1. The molecule has 1 fully saturated rings. The largest absolute Gasteiger partial charge is 0.348 e. The molecule has 1 aliphatic heterocycles. The second-order valence-corrected chi connectivity index (χ2v) is 9.40. The Labute approximate surface area is 199 Å². The third-order valence-electron chi connectivity index (χ3n) is 6.64. The van der Waals surface area contributed by atoms with Crippen molar-refractivity contribution in [2.75, 3.05) is 13.1 Å². The molecule has 1 aromatic carbocycles. The van der Waals surface area contributed by atoms with Crippen molar-refractivity contribution in [3.63, 3.8) is 0 Å². The number of benzene rings is 1. The molecule has 1 aliphatic rings. The van der Waals surface area contributed by atoms with Crippen LogP contribution in [0.5, 0.6) is 0 Å². The highest BCUT2D eigenvalue weighted by atomic mass is 16.2. The summed E-state index contributed by atoms with van der Waals surface area (Å²) in [6.45, 7) is 10.1. The zero-order chi connectivity index (χ0) is 24.4. The van der Waals surface area contributed by atoms with E-state index in [4.69, 9.17) is 0 Å². The summed E-state index contributed by atoms with van der Waals surface area (Å²) in [6.07, 6.45) is 1.54. The molecule has 180 valence electrons. The topological polar surface area (TPSA) is 100 Å². The van der Waals surface area contributed by atoms with Gasteiger partial charge in [-0.15, -0.1) is 0 Å². The lowest BCUT2D eigenvalue weighted by Crippen LogP contribution is -2.39. The van der Waals surface area contributed by atoms with Crippen molar-refractivity contribution in [1.82, 2.24) is 24.8 Å². The van der Waals surface area contributed by atoms with Gasteiger partial charge in [-0.3, -0.25) is 24.0 Å². The molecule has 4 rings (SSSR count). The standard InChI is InChI=1S/C26H33N5O3/c1-5-12-31-23-22(25(33)29-26(31)34)20(14-21(28-23)16(2)3)24(32)27-19-11-13-30(15-19)17(4)18-9-7-6-8-10-18/h6-10,14,16-17,19H,5,11-13,15H2,1-4H3,(H,27,32)(H,29,33,34). The number of amides is 1. The number of likely N-dealkylation sites (tertiary alicyclic amines) is 1. The van der Waals surface area contributed by atoms with Crippen LogP contribution in [-0.4, -0.2) is 44.5 Å². The fourth-order valence-electron chi connectivity index (χ4n) is 4.66. The average molecular weight is 464 g/mol. The lowest BCUT2D eigenvalue weighted by atomic mass is 10.0. The molecule has 0 bridgehead atoms. The van der Waals surface area contributed by atoms with Crippen molar-refractivity contribution in [3.05, 3.63) is 74.1 Å². The summed E-state index contributed by atoms with van der Waals surface area (Å²) < 4.78 is 1.46. The van der Waals surface area contributed by atoms with E-state index in [0.717, 1.165) is 19.5 Å². The van der Waals surface area contributed by atoms with Crippen LogP contribution >= 0.6 is 0 Å². The van der Waals surface area contributed by atoms with Gasteiger partial charge >= 0.3 is 5.69 Å². The number of pyridine rings is 1. The molecule has 8 nitrogen and oxygen atoms in total. The molecule has 2 unspecified atom stereocenters. The smallest absolute Gasteiger partial charge is 0.329 e. The lowest BCUT2D eigenvalue weighted by Gasteiger charge is -2.25. The first-order chi connectivity index (χ1) is 16.3. The summed E-state index contributed by atoms with van der Waals surface area (Å²) in [4.78, 5) is 48.0. The van der Waals surface area contributed by atoms with Gasteiger partial charge in [0.2, 0.25) is 0 Å². The van der Waals surface area contributed by atoms with Crippen LogP contribution in [0, 0.1) is 0 Å². The van der Waals surface area contributed by atoms with E-state index < -0.39 is 11.2 Å². The first kappa shape index (κ1) is 23.9. The summed E-state index contributed by atoms with van der Waals surface area (Å²) in [5.41, 5.74) is 1.40. The van der Waals surface area contributed by atoms with E-state index in [-0.39, 0.29) is 40.5 Å². The number of aromatic amines is 1. The third-order valence-corrected chi connectivity index (χ3v) is 6.64. The van der Waals surface area contributed by atoms with Crippen molar-refractivity contribution in [2.24, 2.45) is 0 Å². The van der Waals surface area contributed by atoms with Crippen molar-refractivity contribution >= 4 is 16.9 Å².